The number of rotatable bonds is 6. The van der Waals surface area contributed by atoms with Crippen LogP contribution in [0.25, 0.3) is 11.4 Å². The van der Waals surface area contributed by atoms with Gasteiger partial charge >= 0.3 is 0 Å². The zero-order valence-electron chi connectivity index (χ0n) is 16.5. The minimum Gasteiger partial charge on any atom is -0.336 e. The van der Waals surface area contributed by atoms with E-state index in [2.05, 4.69) is 22.0 Å². The van der Waals surface area contributed by atoms with Crippen LogP contribution in [0.1, 0.15) is 45.4 Å². The molecule has 2 aromatic rings. The molecule has 0 radical (unpaired) electrons. The first-order valence-electron chi connectivity index (χ1n) is 10.1. The van der Waals surface area contributed by atoms with E-state index >= 15 is 0 Å². The lowest BCUT2D eigenvalue weighted by Crippen LogP contribution is -2.44. The molecule has 1 aromatic carbocycles. The van der Waals surface area contributed by atoms with Crippen molar-refractivity contribution < 1.29 is 4.79 Å². The van der Waals surface area contributed by atoms with Crippen LogP contribution in [-0.4, -0.2) is 43.4 Å². The van der Waals surface area contributed by atoms with E-state index in [0.717, 1.165) is 48.1 Å². The number of hydrogen-bond donors (Lipinski definition) is 0. The molecule has 0 saturated heterocycles. The van der Waals surface area contributed by atoms with Gasteiger partial charge in [0.25, 0.3) is 0 Å². The maximum atomic E-state index is 13.0. The summed E-state index contributed by atoms with van der Waals surface area (Å²) in [6, 6.07) is 8.50. The van der Waals surface area contributed by atoms with Gasteiger partial charge in [0.15, 0.2) is 11.0 Å². The van der Waals surface area contributed by atoms with E-state index in [0.29, 0.717) is 22.9 Å². The fourth-order valence-electron chi connectivity index (χ4n) is 4.10. The Hall–Kier alpha value is -1.53. The molecule has 0 N–H and O–H groups in total. The van der Waals surface area contributed by atoms with Crippen LogP contribution in [0.2, 0.25) is 5.02 Å². The summed E-state index contributed by atoms with van der Waals surface area (Å²) in [5.41, 5.74) is 0.855. The molecule has 0 bridgehead atoms. The van der Waals surface area contributed by atoms with Gasteiger partial charge in [-0.15, -0.1) is 10.2 Å². The predicted molar refractivity (Wildman–Crippen MR) is 113 cm³/mol. The minimum absolute atomic E-state index is 0.245. The van der Waals surface area contributed by atoms with Crippen LogP contribution in [0, 0.1) is 5.92 Å². The largest absolute Gasteiger partial charge is 0.336 e. The fraction of sp³-hybridized carbons (Fsp3) is 0.571. The fourth-order valence-corrected chi connectivity index (χ4v) is 5.10. The zero-order chi connectivity index (χ0) is 19.7. The SMILES string of the molecule is CC1CCC(N(C(=O)CSc2nnc(-c3ccccc3Cl)n2C)C2CC2)CC1. The lowest BCUT2D eigenvalue weighted by atomic mass is 9.86. The number of carbonyl (C=O) groups excluding carboxylic acids is 1. The molecule has 2 fully saturated rings. The Morgan fingerprint density at radius 1 is 1.14 bits per heavy atom. The van der Waals surface area contributed by atoms with E-state index in [1.54, 1.807) is 0 Å². The van der Waals surface area contributed by atoms with Crippen LogP contribution in [0.15, 0.2) is 29.4 Å². The molecule has 2 aliphatic rings. The highest BCUT2D eigenvalue weighted by Gasteiger charge is 2.38. The number of hydrogen-bond acceptors (Lipinski definition) is 4. The Kier molecular flexibility index (Phi) is 5.97. The Bertz CT molecular complexity index is 843. The van der Waals surface area contributed by atoms with E-state index in [1.807, 2.05) is 35.9 Å². The van der Waals surface area contributed by atoms with Gasteiger partial charge in [0.2, 0.25) is 5.91 Å². The second kappa shape index (κ2) is 8.46. The number of amides is 1. The van der Waals surface area contributed by atoms with Crippen LogP contribution in [0.3, 0.4) is 0 Å². The quantitative estimate of drug-likeness (QED) is 0.632. The van der Waals surface area contributed by atoms with E-state index < -0.39 is 0 Å². The Balaban J connectivity index is 1.42. The molecule has 0 atom stereocenters. The topological polar surface area (TPSA) is 51.0 Å². The summed E-state index contributed by atoms with van der Waals surface area (Å²) < 4.78 is 1.92. The minimum atomic E-state index is 0.245. The second-order valence-corrected chi connectivity index (χ2v) is 9.43. The zero-order valence-corrected chi connectivity index (χ0v) is 18.0. The second-order valence-electron chi connectivity index (χ2n) is 8.08. The lowest BCUT2D eigenvalue weighted by Gasteiger charge is -2.36. The number of benzene rings is 1. The Morgan fingerprint density at radius 2 is 1.79 bits per heavy atom. The van der Waals surface area contributed by atoms with Gasteiger partial charge in [-0.2, -0.15) is 0 Å². The molecule has 0 spiro atoms. The number of halogens is 1. The summed E-state index contributed by atoms with van der Waals surface area (Å²) >= 11 is 7.77. The van der Waals surface area contributed by atoms with Crippen LogP contribution in [0.5, 0.6) is 0 Å². The van der Waals surface area contributed by atoms with Gasteiger partial charge in [-0.05, 0) is 56.6 Å². The summed E-state index contributed by atoms with van der Waals surface area (Å²) in [5, 5.41) is 9.99. The summed E-state index contributed by atoms with van der Waals surface area (Å²) in [6.07, 6.45) is 7.08. The molecule has 0 aliphatic heterocycles. The maximum Gasteiger partial charge on any atom is 0.233 e. The van der Waals surface area contributed by atoms with Crippen molar-refractivity contribution in [3.8, 4) is 11.4 Å². The number of nitrogens with zero attached hydrogens (tertiary/aromatic N) is 4. The summed E-state index contributed by atoms with van der Waals surface area (Å²) in [4.78, 5) is 15.2. The third-order valence-electron chi connectivity index (χ3n) is 5.88. The van der Waals surface area contributed by atoms with E-state index in [-0.39, 0.29) is 5.91 Å². The highest BCUT2D eigenvalue weighted by molar-refractivity contribution is 7.99. The van der Waals surface area contributed by atoms with Crippen molar-refractivity contribution in [3.05, 3.63) is 29.3 Å². The standard InChI is InChI=1S/C21H27ClN4OS/c1-14-7-9-15(10-8-14)26(16-11-12-16)19(27)13-28-21-24-23-20(25(21)2)17-5-3-4-6-18(17)22/h3-6,14-16H,7-13H2,1-2H3. The molecule has 150 valence electrons. The number of aromatic nitrogens is 3. The van der Waals surface area contributed by atoms with Gasteiger partial charge in [-0.3, -0.25) is 4.79 Å². The molecule has 2 aliphatic carbocycles. The molecular weight excluding hydrogens is 392 g/mol. The first kappa shape index (κ1) is 19.8. The van der Waals surface area contributed by atoms with E-state index in [9.17, 15) is 4.79 Å². The normalized spacial score (nSPS) is 22.2. The molecule has 1 heterocycles. The van der Waals surface area contributed by atoms with Crippen LogP contribution >= 0.6 is 23.4 Å². The van der Waals surface area contributed by atoms with Gasteiger partial charge in [0, 0.05) is 24.7 Å². The highest BCUT2D eigenvalue weighted by Crippen LogP contribution is 2.36. The first-order chi connectivity index (χ1) is 13.5. The van der Waals surface area contributed by atoms with Crippen molar-refractivity contribution in [2.24, 2.45) is 13.0 Å². The third-order valence-corrected chi connectivity index (χ3v) is 7.22. The van der Waals surface area contributed by atoms with E-state index in [4.69, 9.17) is 11.6 Å². The molecule has 5 nitrogen and oxygen atoms in total. The molecule has 0 unspecified atom stereocenters. The first-order valence-corrected chi connectivity index (χ1v) is 11.5. The predicted octanol–water partition coefficient (Wildman–Crippen LogP) is 4.80. The molecule has 7 heteroatoms. The maximum absolute atomic E-state index is 13.0. The van der Waals surface area contributed by atoms with Crippen molar-refractivity contribution in [1.29, 1.82) is 0 Å². The number of thioether (sulfide) groups is 1. The van der Waals surface area contributed by atoms with Crippen molar-refractivity contribution >= 4 is 29.3 Å². The molecule has 1 aromatic heterocycles. The van der Waals surface area contributed by atoms with Crippen LogP contribution in [-0.2, 0) is 11.8 Å². The van der Waals surface area contributed by atoms with Gasteiger partial charge < -0.3 is 9.47 Å². The summed E-state index contributed by atoms with van der Waals surface area (Å²) in [7, 11) is 1.92. The van der Waals surface area contributed by atoms with Crippen molar-refractivity contribution in [1.82, 2.24) is 19.7 Å². The van der Waals surface area contributed by atoms with Gasteiger partial charge in [0.05, 0.1) is 10.8 Å². The van der Waals surface area contributed by atoms with Crippen molar-refractivity contribution in [3.63, 3.8) is 0 Å². The third kappa shape index (κ3) is 4.23. The smallest absolute Gasteiger partial charge is 0.233 e. The summed E-state index contributed by atoms with van der Waals surface area (Å²) in [6.45, 7) is 2.32. The van der Waals surface area contributed by atoms with Crippen LogP contribution < -0.4 is 0 Å². The Morgan fingerprint density at radius 3 is 2.43 bits per heavy atom. The molecule has 1 amide bonds. The van der Waals surface area contributed by atoms with Crippen molar-refractivity contribution in [2.75, 3.05) is 5.75 Å². The average molecular weight is 419 g/mol. The lowest BCUT2D eigenvalue weighted by molar-refractivity contribution is -0.132. The van der Waals surface area contributed by atoms with Gasteiger partial charge in [-0.25, -0.2) is 0 Å². The van der Waals surface area contributed by atoms with Gasteiger partial charge in [0.1, 0.15) is 0 Å². The molecular formula is C21H27ClN4OS. The monoisotopic (exact) mass is 418 g/mol. The number of carbonyl (C=O) groups is 1. The van der Waals surface area contributed by atoms with Crippen molar-refractivity contribution in [2.45, 2.75) is 62.7 Å². The molecule has 28 heavy (non-hydrogen) atoms. The average Bonchev–Trinajstić information content (AvgIpc) is 3.45. The van der Waals surface area contributed by atoms with E-state index in [1.165, 1.54) is 24.6 Å². The molecule has 4 rings (SSSR count). The van der Waals surface area contributed by atoms with Gasteiger partial charge in [-0.1, -0.05) is 42.4 Å². The molecule has 2 saturated carbocycles. The Labute approximate surface area is 175 Å². The van der Waals surface area contributed by atoms with Crippen LogP contribution in [0.4, 0.5) is 0 Å². The summed E-state index contributed by atoms with van der Waals surface area (Å²) in [5.74, 6) is 2.18. The highest BCUT2D eigenvalue weighted by atomic mass is 35.5.